The third-order valence-electron chi connectivity index (χ3n) is 5.02. The topological polar surface area (TPSA) is 40.5 Å². The zero-order valence-electron chi connectivity index (χ0n) is 16.1. The molecule has 0 aliphatic rings. The van der Waals surface area contributed by atoms with Gasteiger partial charge in [-0.05, 0) is 54.2 Å². The molecular weight excluding hydrogens is 377 g/mol. The molecule has 0 saturated heterocycles. The van der Waals surface area contributed by atoms with E-state index >= 15 is 0 Å². The third-order valence-corrected chi connectivity index (χ3v) is 5.02. The van der Waals surface area contributed by atoms with Crippen LogP contribution in [0.2, 0.25) is 0 Å². The summed E-state index contributed by atoms with van der Waals surface area (Å²) in [5.74, 6) is -3.47. The van der Waals surface area contributed by atoms with Crippen molar-refractivity contribution in [2.24, 2.45) is 0 Å². The lowest BCUT2D eigenvalue weighted by molar-refractivity contribution is 0.162. The third kappa shape index (κ3) is 4.80. The lowest BCUT2D eigenvalue weighted by atomic mass is 9.98. The summed E-state index contributed by atoms with van der Waals surface area (Å²) in [6.45, 7) is 1.94. The molecule has 0 spiro atoms. The SMILES string of the molecule is CCCC(O)c1ccc(CCc2ccc(-c3ccc(O)c(F)c3F)cc2)cc1F. The molecule has 0 bridgehead atoms. The van der Waals surface area contributed by atoms with E-state index in [1.54, 1.807) is 18.2 Å². The van der Waals surface area contributed by atoms with Gasteiger partial charge in [0.25, 0.3) is 0 Å². The van der Waals surface area contributed by atoms with E-state index in [4.69, 9.17) is 0 Å². The van der Waals surface area contributed by atoms with Crippen LogP contribution in [0, 0.1) is 17.5 Å². The maximum absolute atomic E-state index is 14.2. The molecule has 0 aliphatic heterocycles. The van der Waals surface area contributed by atoms with E-state index in [0.29, 0.717) is 30.4 Å². The Morgan fingerprint density at radius 3 is 2.14 bits per heavy atom. The minimum atomic E-state index is -1.26. The average molecular weight is 400 g/mol. The molecule has 0 radical (unpaired) electrons. The van der Waals surface area contributed by atoms with E-state index in [1.165, 1.54) is 12.1 Å². The number of hydrogen-bond donors (Lipinski definition) is 2. The Morgan fingerprint density at radius 2 is 1.48 bits per heavy atom. The Balaban J connectivity index is 1.68. The zero-order chi connectivity index (χ0) is 21.0. The van der Waals surface area contributed by atoms with E-state index in [-0.39, 0.29) is 5.56 Å². The number of aliphatic hydroxyl groups is 1. The van der Waals surface area contributed by atoms with E-state index < -0.39 is 29.3 Å². The minimum Gasteiger partial charge on any atom is -0.505 e. The standard InChI is InChI=1S/C24H23F3O2/c1-2-3-21(28)19-11-8-16(14-20(19)25)5-4-15-6-9-17(10-7-15)18-12-13-22(29)24(27)23(18)26/h6-14,21,28-29H,2-5H2,1H3. The molecule has 3 aromatic rings. The predicted octanol–water partition coefficient (Wildman–Crippen LogP) is 6.10. The highest BCUT2D eigenvalue weighted by molar-refractivity contribution is 5.65. The molecule has 3 aromatic carbocycles. The van der Waals surface area contributed by atoms with Crippen molar-refractivity contribution in [1.29, 1.82) is 0 Å². The number of hydrogen-bond acceptors (Lipinski definition) is 2. The van der Waals surface area contributed by atoms with Crippen molar-refractivity contribution in [2.75, 3.05) is 0 Å². The van der Waals surface area contributed by atoms with Crippen LogP contribution in [0.5, 0.6) is 5.75 Å². The van der Waals surface area contributed by atoms with Gasteiger partial charge in [-0.15, -0.1) is 0 Å². The predicted molar refractivity (Wildman–Crippen MR) is 107 cm³/mol. The largest absolute Gasteiger partial charge is 0.505 e. The Hall–Kier alpha value is -2.79. The molecule has 1 unspecified atom stereocenters. The van der Waals surface area contributed by atoms with E-state index in [1.807, 2.05) is 25.1 Å². The second-order valence-corrected chi connectivity index (χ2v) is 7.12. The fraction of sp³-hybridized carbons (Fsp3) is 0.250. The van der Waals surface area contributed by atoms with Crippen LogP contribution in [0.3, 0.4) is 0 Å². The number of rotatable bonds is 7. The first-order chi connectivity index (χ1) is 13.9. The first-order valence-electron chi connectivity index (χ1n) is 9.63. The van der Waals surface area contributed by atoms with Crippen molar-refractivity contribution in [1.82, 2.24) is 0 Å². The van der Waals surface area contributed by atoms with Gasteiger partial charge in [-0.2, -0.15) is 4.39 Å². The van der Waals surface area contributed by atoms with Gasteiger partial charge >= 0.3 is 0 Å². The lowest BCUT2D eigenvalue weighted by Gasteiger charge is -2.12. The summed E-state index contributed by atoms with van der Waals surface area (Å²) < 4.78 is 41.8. The first-order valence-corrected chi connectivity index (χ1v) is 9.63. The maximum Gasteiger partial charge on any atom is 0.200 e. The number of aryl methyl sites for hydroxylation is 2. The second-order valence-electron chi connectivity index (χ2n) is 7.12. The molecule has 2 N–H and O–H groups in total. The molecule has 152 valence electrons. The average Bonchev–Trinajstić information content (AvgIpc) is 2.71. The van der Waals surface area contributed by atoms with Gasteiger partial charge in [0.2, 0.25) is 5.82 Å². The second kappa shape index (κ2) is 9.14. The molecule has 3 rings (SSSR count). The fourth-order valence-electron chi connectivity index (χ4n) is 3.33. The summed E-state index contributed by atoms with van der Waals surface area (Å²) in [6.07, 6.45) is 1.78. The number of halogens is 3. The molecule has 0 aromatic heterocycles. The van der Waals surface area contributed by atoms with Gasteiger partial charge < -0.3 is 10.2 Å². The summed E-state index contributed by atoms with van der Waals surface area (Å²) >= 11 is 0. The Morgan fingerprint density at radius 1 is 0.828 bits per heavy atom. The summed E-state index contributed by atoms with van der Waals surface area (Å²) in [7, 11) is 0. The Bertz CT molecular complexity index is 984. The summed E-state index contributed by atoms with van der Waals surface area (Å²) in [6, 6.07) is 14.4. The Kier molecular flexibility index (Phi) is 6.60. The molecule has 0 saturated carbocycles. The van der Waals surface area contributed by atoms with Gasteiger partial charge in [0.05, 0.1) is 6.10 Å². The zero-order valence-corrected chi connectivity index (χ0v) is 16.1. The van der Waals surface area contributed by atoms with Crippen LogP contribution in [0.4, 0.5) is 13.2 Å². The normalized spacial score (nSPS) is 12.2. The van der Waals surface area contributed by atoms with Crippen molar-refractivity contribution in [3.8, 4) is 16.9 Å². The van der Waals surface area contributed by atoms with Crippen LogP contribution in [-0.4, -0.2) is 10.2 Å². The van der Waals surface area contributed by atoms with Gasteiger partial charge in [-0.25, -0.2) is 8.78 Å². The summed E-state index contributed by atoms with van der Waals surface area (Å²) in [5, 5.41) is 19.2. The molecule has 0 heterocycles. The smallest absolute Gasteiger partial charge is 0.200 e. The maximum atomic E-state index is 14.2. The molecule has 1 atom stereocenters. The van der Waals surface area contributed by atoms with Gasteiger partial charge in [-0.3, -0.25) is 0 Å². The number of aromatic hydroxyl groups is 1. The number of aliphatic hydroxyl groups excluding tert-OH is 1. The summed E-state index contributed by atoms with van der Waals surface area (Å²) in [4.78, 5) is 0. The van der Waals surface area contributed by atoms with E-state index in [0.717, 1.165) is 23.6 Å². The Labute approximate surface area is 168 Å². The number of phenols is 1. The molecule has 5 heteroatoms. The van der Waals surface area contributed by atoms with Crippen LogP contribution in [0.15, 0.2) is 54.6 Å². The van der Waals surface area contributed by atoms with E-state index in [2.05, 4.69) is 0 Å². The van der Waals surface area contributed by atoms with Crippen molar-refractivity contribution < 1.29 is 23.4 Å². The molecule has 2 nitrogen and oxygen atoms in total. The molecule has 0 fully saturated rings. The summed E-state index contributed by atoms with van der Waals surface area (Å²) in [5.41, 5.74) is 2.71. The number of benzene rings is 3. The van der Waals surface area contributed by atoms with Crippen LogP contribution in [-0.2, 0) is 12.8 Å². The fourth-order valence-corrected chi connectivity index (χ4v) is 3.33. The minimum absolute atomic E-state index is 0.0788. The number of phenolic OH excluding ortho intramolecular Hbond substituents is 1. The van der Waals surface area contributed by atoms with Crippen molar-refractivity contribution in [3.63, 3.8) is 0 Å². The van der Waals surface area contributed by atoms with Crippen LogP contribution >= 0.6 is 0 Å². The molecule has 0 amide bonds. The van der Waals surface area contributed by atoms with Gasteiger partial charge in [0, 0.05) is 11.1 Å². The highest BCUT2D eigenvalue weighted by Gasteiger charge is 2.14. The van der Waals surface area contributed by atoms with Crippen molar-refractivity contribution in [2.45, 2.75) is 38.7 Å². The molecular formula is C24H23F3O2. The van der Waals surface area contributed by atoms with Crippen LogP contribution in [0.1, 0.15) is 42.6 Å². The van der Waals surface area contributed by atoms with Crippen molar-refractivity contribution in [3.05, 3.63) is 88.7 Å². The lowest BCUT2D eigenvalue weighted by Crippen LogP contribution is -2.02. The quantitative estimate of drug-likeness (QED) is 0.503. The van der Waals surface area contributed by atoms with Crippen LogP contribution < -0.4 is 0 Å². The molecule has 29 heavy (non-hydrogen) atoms. The highest BCUT2D eigenvalue weighted by atomic mass is 19.2. The first kappa shape index (κ1) is 20.9. The van der Waals surface area contributed by atoms with Gasteiger partial charge in [0.15, 0.2) is 11.6 Å². The highest BCUT2D eigenvalue weighted by Crippen LogP contribution is 2.29. The van der Waals surface area contributed by atoms with E-state index in [9.17, 15) is 23.4 Å². The van der Waals surface area contributed by atoms with Crippen molar-refractivity contribution >= 4 is 0 Å². The van der Waals surface area contributed by atoms with Crippen LogP contribution in [0.25, 0.3) is 11.1 Å². The monoisotopic (exact) mass is 400 g/mol. The van der Waals surface area contributed by atoms with Gasteiger partial charge in [-0.1, -0.05) is 49.7 Å². The molecule has 0 aliphatic carbocycles. The van der Waals surface area contributed by atoms with Gasteiger partial charge in [0.1, 0.15) is 5.82 Å².